The molecule has 5 rings (SSSR count). The molecule has 2 heterocycles. The molecule has 0 saturated heterocycles. The van der Waals surface area contributed by atoms with Gasteiger partial charge in [-0.25, -0.2) is 4.98 Å². The largest absolute Gasteiger partial charge is 0.496 e. The molecule has 1 aliphatic carbocycles. The Morgan fingerprint density at radius 1 is 1.21 bits per heavy atom. The lowest BCUT2D eigenvalue weighted by atomic mass is 9.98. The Morgan fingerprint density at radius 3 is 2.75 bits per heavy atom. The molecule has 2 aliphatic rings. The van der Waals surface area contributed by atoms with Crippen LogP contribution in [0.2, 0.25) is 5.02 Å². The Kier molecular flexibility index (Phi) is 3.67. The molecule has 138 valence electrons. The maximum absolute atomic E-state index is 12.9. The van der Waals surface area contributed by atoms with E-state index in [4.69, 9.17) is 27.1 Å². The van der Waals surface area contributed by atoms with E-state index in [2.05, 4.69) is 0 Å². The minimum absolute atomic E-state index is 0.108. The molecule has 5 nitrogen and oxygen atoms in total. The molecule has 2 N–H and O–H groups in total. The predicted molar refractivity (Wildman–Crippen MR) is 110 cm³/mol. The Bertz CT molecular complexity index is 1230. The Morgan fingerprint density at radius 2 is 2.04 bits per heavy atom. The molecule has 1 amide bonds. The number of allylic oxidation sites excluding steroid dienone is 3. The van der Waals surface area contributed by atoms with E-state index in [1.165, 1.54) is 0 Å². The summed E-state index contributed by atoms with van der Waals surface area (Å²) < 4.78 is 5.52. The van der Waals surface area contributed by atoms with Crippen molar-refractivity contribution in [2.75, 3.05) is 12.8 Å². The van der Waals surface area contributed by atoms with Gasteiger partial charge in [-0.3, -0.25) is 4.79 Å². The number of amides is 1. The first-order chi connectivity index (χ1) is 13.6. The zero-order valence-corrected chi connectivity index (χ0v) is 15.8. The third-order valence-corrected chi connectivity index (χ3v) is 5.43. The van der Waals surface area contributed by atoms with Gasteiger partial charge >= 0.3 is 0 Å². The lowest BCUT2D eigenvalue weighted by molar-refractivity contribution is 0.0831. The fraction of sp³-hybridized carbons (Fsp3) is 0.0909. The number of nitrogen functional groups attached to an aromatic ring is 1. The number of fused-ring (bicyclic) bond motifs is 2. The number of rotatable bonds is 3. The van der Waals surface area contributed by atoms with Crippen LogP contribution in [0.25, 0.3) is 22.0 Å². The lowest BCUT2D eigenvalue weighted by Gasteiger charge is -2.19. The number of hydrogen-bond acceptors (Lipinski definition) is 4. The third kappa shape index (κ3) is 2.33. The highest BCUT2D eigenvalue weighted by molar-refractivity contribution is 6.31. The van der Waals surface area contributed by atoms with E-state index < -0.39 is 0 Å². The maximum Gasteiger partial charge on any atom is 0.262 e. The summed E-state index contributed by atoms with van der Waals surface area (Å²) in [6.07, 6.45) is 5.71. The monoisotopic (exact) mass is 389 g/mol. The first-order valence-corrected chi connectivity index (χ1v) is 9.21. The zero-order valence-electron chi connectivity index (χ0n) is 15.1. The molecule has 0 radical (unpaired) electrons. The molecule has 0 bridgehead atoms. The van der Waals surface area contributed by atoms with Gasteiger partial charge in [-0.05, 0) is 30.4 Å². The standard InChI is InChI=1S/C22H16ClN3O2/c1-28-18-9-8-12(23)10-16(18)14-6-3-7-15-20(24)19-17(25-21(14)15)11-26(22(19)27)13-4-2-5-13/h2-10H,11H2,1H3,(H2,24,25). The number of pyridine rings is 1. The van der Waals surface area contributed by atoms with Crippen LogP contribution in [0.3, 0.4) is 0 Å². The number of halogens is 1. The van der Waals surface area contributed by atoms with Crippen molar-refractivity contribution in [3.8, 4) is 16.9 Å². The van der Waals surface area contributed by atoms with Gasteiger partial charge in [0.25, 0.3) is 5.91 Å². The fourth-order valence-electron chi connectivity index (χ4n) is 3.75. The molecule has 1 aliphatic heterocycles. The summed E-state index contributed by atoms with van der Waals surface area (Å²) in [7, 11) is 1.62. The fourth-order valence-corrected chi connectivity index (χ4v) is 3.92. The number of ether oxygens (including phenoxy) is 1. The predicted octanol–water partition coefficient (Wildman–Crippen LogP) is 4.56. The van der Waals surface area contributed by atoms with Gasteiger partial charge in [0.05, 0.1) is 36.1 Å². The van der Waals surface area contributed by atoms with Gasteiger partial charge in [0, 0.05) is 27.2 Å². The highest BCUT2D eigenvalue weighted by atomic mass is 35.5. The van der Waals surface area contributed by atoms with Crippen molar-refractivity contribution in [2.45, 2.75) is 6.54 Å². The summed E-state index contributed by atoms with van der Waals surface area (Å²) in [6.45, 7) is 0.408. The van der Waals surface area contributed by atoms with E-state index in [0.717, 1.165) is 27.7 Å². The highest BCUT2D eigenvalue weighted by Gasteiger charge is 2.34. The Balaban J connectivity index is 1.75. The van der Waals surface area contributed by atoms with Crippen molar-refractivity contribution < 1.29 is 9.53 Å². The molecule has 3 aromatic rings. The molecule has 1 aromatic heterocycles. The maximum atomic E-state index is 12.9. The van der Waals surface area contributed by atoms with Crippen LogP contribution in [0.1, 0.15) is 16.1 Å². The van der Waals surface area contributed by atoms with Crippen molar-refractivity contribution in [3.05, 3.63) is 76.6 Å². The summed E-state index contributed by atoms with van der Waals surface area (Å²) in [5.74, 6) is 0.587. The number of carbonyl (C=O) groups is 1. The molecule has 6 heteroatoms. The number of benzene rings is 2. The minimum Gasteiger partial charge on any atom is -0.496 e. The van der Waals surface area contributed by atoms with Gasteiger partial charge in [-0.15, -0.1) is 0 Å². The van der Waals surface area contributed by atoms with Crippen molar-refractivity contribution >= 4 is 34.1 Å². The van der Waals surface area contributed by atoms with E-state index in [-0.39, 0.29) is 5.91 Å². The quantitative estimate of drug-likeness (QED) is 0.713. The molecular formula is C22H16ClN3O2. The number of hydrogen-bond donors (Lipinski definition) is 1. The number of para-hydroxylation sites is 1. The molecule has 28 heavy (non-hydrogen) atoms. The van der Waals surface area contributed by atoms with Crippen LogP contribution in [0.15, 0.2) is 60.3 Å². The molecule has 0 unspecified atom stereocenters. The van der Waals surface area contributed by atoms with E-state index in [1.54, 1.807) is 18.1 Å². The summed E-state index contributed by atoms with van der Waals surface area (Å²) in [5, 5.41) is 1.35. The Labute approximate surface area is 166 Å². The Hall–Kier alpha value is -3.31. The van der Waals surface area contributed by atoms with Gasteiger partial charge in [-0.2, -0.15) is 0 Å². The smallest absolute Gasteiger partial charge is 0.262 e. The number of nitrogens with zero attached hydrogens (tertiary/aromatic N) is 2. The summed E-state index contributed by atoms with van der Waals surface area (Å²) in [4.78, 5) is 19.4. The van der Waals surface area contributed by atoms with Gasteiger partial charge in [0.2, 0.25) is 0 Å². The van der Waals surface area contributed by atoms with Gasteiger partial charge < -0.3 is 15.4 Å². The first kappa shape index (κ1) is 16.8. The van der Waals surface area contributed by atoms with Gasteiger partial charge in [0.1, 0.15) is 5.75 Å². The average molecular weight is 390 g/mol. The second kappa shape index (κ2) is 6.11. The van der Waals surface area contributed by atoms with Crippen molar-refractivity contribution in [1.29, 1.82) is 0 Å². The molecular weight excluding hydrogens is 374 g/mol. The van der Waals surface area contributed by atoms with E-state index in [0.29, 0.717) is 34.3 Å². The number of methoxy groups -OCH3 is 1. The summed E-state index contributed by atoms with van der Waals surface area (Å²) in [5.41, 5.74) is 11.4. The molecule has 0 spiro atoms. The molecule has 0 saturated carbocycles. The van der Waals surface area contributed by atoms with Crippen molar-refractivity contribution in [2.24, 2.45) is 0 Å². The SMILES string of the molecule is COc1ccc(Cl)cc1-c1cccc2c(N)c3c(nc12)CN(C1=CC=C1)C3=O. The van der Waals surface area contributed by atoms with Crippen LogP contribution in [-0.2, 0) is 6.54 Å². The zero-order chi connectivity index (χ0) is 19.4. The van der Waals surface area contributed by atoms with Crippen LogP contribution in [0.4, 0.5) is 5.69 Å². The number of anilines is 1. The van der Waals surface area contributed by atoms with Gasteiger partial charge in [-0.1, -0.05) is 35.9 Å². The van der Waals surface area contributed by atoms with Crippen LogP contribution in [0.5, 0.6) is 5.75 Å². The van der Waals surface area contributed by atoms with E-state index >= 15 is 0 Å². The third-order valence-electron chi connectivity index (χ3n) is 5.20. The highest BCUT2D eigenvalue weighted by Crippen LogP contribution is 2.40. The molecule has 2 aromatic carbocycles. The number of nitrogens with two attached hydrogens (primary N) is 1. The van der Waals surface area contributed by atoms with Crippen LogP contribution in [0, 0.1) is 0 Å². The summed E-state index contributed by atoms with van der Waals surface area (Å²) in [6, 6.07) is 11.2. The normalized spacial score (nSPS) is 14.9. The first-order valence-electron chi connectivity index (χ1n) is 8.83. The molecule has 0 fully saturated rings. The van der Waals surface area contributed by atoms with E-state index in [1.807, 2.05) is 48.6 Å². The number of aromatic nitrogens is 1. The van der Waals surface area contributed by atoms with Crippen LogP contribution >= 0.6 is 11.6 Å². The number of carbonyl (C=O) groups excluding carboxylic acids is 1. The summed E-state index contributed by atoms with van der Waals surface area (Å²) >= 11 is 6.23. The second-order valence-electron chi connectivity index (χ2n) is 6.74. The van der Waals surface area contributed by atoms with Crippen molar-refractivity contribution in [1.82, 2.24) is 9.88 Å². The van der Waals surface area contributed by atoms with Crippen LogP contribution in [-0.4, -0.2) is 22.9 Å². The second-order valence-corrected chi connectivity index (χ2v) is 7.17. The lowest BCUT2D eigenvalue weighted by Crippen LogP contribution is -2.24. The molecule has 0 atom stereocenters. The average Bonchev–Trinajstić information content (AvgIpc) is 2.96. The van der Waals surface area contributed by atoms with Gasteiger partial charge in [0.15, 0.2) is 0 Å². The van der Waals surface area contributed by atoms with E-state index in [9.17, 15) is 4.79 Å². The van der Waals surface area contributed by atoms with Crippen molar-refractivity contribution in [3.63, 3.8) is 0 Å². The van der Waals surface area contributed by atoms with Crippen LogP contribution < -0.4 is 10.5 Å². The topological polar surface area (TPSA) is 68.5 Å². The minimum atomic E-state index is -0.108.